The molecular weight excluding hydrogens is 346 g/mol. The summed E-state index contributed by atoms with van der Waals surface area (Å²) in [6.45, 7) is 8.19. The molecule has 138 valence electrons. The molecule has 3 aliphatic heterocycles. The summed E-state index contributed by atoms with van der Waals surface area (Å²) in [5.74, 6) is 0. The van der Waals surface area contributed by atoms with Crippen LogP contribution in [0.1, 0.15) is 28.9 Å². The highest BCUT2D eigenvalue weighted by Crippen LogP contribution is 2.38. The molecule has 0 N–H and O–H groups in total. The summed E-state index contributed by atoms with van der Waals surface area (Å²) < 4.78 is 28.1. The summed E-state index contributed by atoms with van der Waals surface area (Å²) >= 11 is 0. The minimum Gasteiger partial charge on any atom is -0.294 e. The molecule has 26 heavy (non-hydrogen) atoms. The molecule has 2 unspecified atom stereocenters. The van der Waals surface area contributed by atoms with Crippen LogP contribution in [0.4, 0.5) is 0 Å². The van der Waals surface area contributed by atoms with Crippen LogP contribution in [0.5, 0.6) is 0 Å². The Hall–Kier alpha value is -1.76. The van der Waals surface area contributed by atoms with Gasteiger partial charge >= 0.3 is 0 Å². The van der Waals surface area contributed by atoms with Crippen molar-refractivity contribution < 1.29 is 8.42 Å². The molecule has 0 saturated carbocycles. The maximum atomic E-state index is 13.2. The van der Waals surface area contributed by atoms with Crippen molar-refractivity contribution in [1.29, 1.82) is 0 Å². The Morgan fingerprint density at radius 1 is 1.08 bits per heavy atom. The second-order valence-corrected chi connectivity index (χ2v) is 9.42. The van der Waals surface area contributed by atoms with Crippen LogP contribution in [0.25, 0.3) is 0 Å². The van der Waals surface area contributed by atoms with Gasteiger partial charge in [-0.25, -0.2) is 8.42 Å². The molecule has 2 aromatic rings. The lowest BCUT2D eigenvalue weighted by molar-refractivity contribution is -0.0109. The molecule has 0 spiro atoms. The average Bonchev–Trinajstić information content (AvgIpc) is 2.53. The van der Waals surface area contributed by atoms with Gasteiger partial charge in [-0.15, -0.1) is 0 Å². The van der Waals surface area contributed by atoms with Crippen molar-refractivity contribution in [2.24, 2.45) is 0 Å². The standard InChI is InChI=1S/C20H25N3O2S/c1-14-7-8-20(15(2)9-14)26(24,25)23-18-10-19(23)13-22(12-18)11-17-6-4-5-16(3)21-17/h4-9,18-19H,10-13H2,1-3H3. The Morgan fingerprint density at radius 3 is 2.46 bits per heavy atom. The van der Waals surface area contributed by atoms with Crippen molar-refractivity contribution in [3.63, 3.8) is 0 Å². The monoisotopic (exact) mass is 371 g/mol. The zero-order chi connectivity index (χ0) is 18.5. The Balaban J connectivity index is 1.50. The fourth-order valence-corrected chi connectivity index (χ4v) is 6.33. The lowest BCUT2D eigenvalue weighted by atomic mass is 9.91. The normalized spacial score (nSPS) is 23.7. The van der Waals surface area contributed by atoms with Gasteiger partial charge in [0.2, 0.25) is 10.0 Å². The molecule has 3 fully saturated rings. The van der Waals surface area contributed by atoms with Crippen molar-refractivity contribution in [2.75, 3.05) is 13.1 Å². The third kappa shape index (κ3) is 3.06. The molecule has 1 aromatic carbocycles. The number of piperidine rings is 1. The highest BCUT2D eigenvalue weighted by molar-refractivity contribution is 7.89. The number of nitrogens with zero attached hydrogens (tertiary/aromatic N) is 3. The Morgan fingerprint density at radius 2 is 1.81 bits per heavy atom. The first-order valence-electron chi connectivity index (χ1n) is 9.10. The minimum absolute atomic E-state index is 0.0734. The van der Waals surface area contributed by atoms with Crippen molar-refractivity contribution in [2.45, 2.75) is 50.7 Å². The van der Waals surface area contributed by atoms with E-state index in [0.717, 1.165) is 48.6 Å². The predicted octanol–water partition coefficient (Wildman–Crippen LogP) is 2.65. The van der Waals surface area contributed by atoms with Crippen LogP contribution in [-0.4, -0.2) is 47.8 Å². The topological polar surface area (TPSA) is 53.5 Å². The summed E-state index contributed by atoms with van der Waals surface area (Å²) in [6.07, 6.45) is 0.960. The van der Waals surface area contributed by atoms with Gasteiger partial charge in [0, 0.05) is 37.4 Å². The molecule has 3 aliphatic rings. The Bertz CT molecular complexity index is 930. The summed E-state index contributed by atoms with van der Waals surface area (Å²) in [5, 5.41) is 0. The number of benzene rings is 1. The molecule has 0 aliphatic carbocycles. The van der Waals surface area contributed by atoms with Crippen LogP contribution in [-0.2, 0) is 16.6 Å². The number of hydrogen-bond acceptors (Lipinski definition) is 4. The van der Waals surface area contributed by atoms with Crippen LogP contribution in [0, 0.1) is 20.8 Å². The lowest BCUT2D eigenvalue weighted by Gasteiger charge is -2.55. The molecule has 4 heterocycles. The number of hydrogen-bond donors (Lipinski definition) is 0. The van der Waals surface area contributed by atoms with Crippen molar-refractivity contribution in [1.82, 2.24) is 14.2 Å². The molecule has 2 atom stereocenters. The van der Waals surface area contributed by atoms with Crippen molar-refractivity contribution in [3.05, 3.63) is 58.9 Å². The van der Waals surface area contributed by atoms with Crippen LogP contribution >= 0.6 is 0 Å². The van der Waals surface area contributed by atoms with Crippen LogP contribution in [0.15, 0.2) is 41.3 Å². The van der Waals surface area contributed by atoms with E-state index in [4.69, 9.17) is 0 Å². The van der Waals surface area contributed by atoms with E-state index in [1.165, 1.54) is 0 Å². The van der Waals surface area contributed by atoms with E-state index in [1.807, 2.05) is 51.1 Å². The van der Waals surface area contributed by atoms with E-state index in [2.05, 4.69) is 9.88 Å². The molecule has 2 bridgehead atoms. The molecule has 0 radical (unpaired) electrons. The molecule has 6 heteroatoms. The summed E-state index contributed by atoms with van der Waals surface area (Å²) in [4.78, 5) is 7.35. The van der Waals surface area contributed by atoms with Gasteiger partial charge in [-0.2, -0.15) is 4.31 Å². The molecule has 0 amide bonds. The predicted molar refractivity (Wildman–Crippen MR) is 101 cm³/mol. The second-order valence-electron chi connectivity index (χ2n) is 7.61. The van der Waals surface area contributed by atoms with Crippen LogP contribution in [0.2, 0.25) is 0 Å². The first-order valence-corrected chi connectivity index (χ1v) is 10.5. The third-order valence-corrected chi connectivity index (χ3v) is 7.58. The van der Waals surface area contributed by atoms with E-state index in [1.54, 1.807) is 10.4 Å². The van der Waals surface area contributed by atoms with Crippen molar-refractivity contribution >= 4 is 10.0 Å². The number of piperazine rings is 1. The molecular formula is C20H25N3O2S. The highest BCUT2D eigenvalue weighted by Gasteiger charge is 2.51. The van der Waals surface area contributed by atoms with Crippen molar-refractivity contribution in [3.8, 4) is 0 Å². The zero-order valence-electron chi connectivity index (χ0n) is 15.5. The van der Waals surface area contributed by atoms with E-state index in [-0.39, 0.29) is 12.1 Å². The number of sulfonamides is 1. The fourth-order valence-electron chi connectivity index (χ4n) is 4.30. The van der Waals surface area contributed by atoms with Gasteiger partial charge in [0.1, 0.15) is 0 Å². The smallest absolute Gasteiger partial charge is 0.243 e. The maximum absolute atomic E-state index is 13.2. The minimum atomic E-state index is -3.42. The zero-order valence-corrected chi connectivity index (χ0v) is 16.3. The van der Waals surface area contributed by atoms with Gasteiger partial charge < -0.3 is 0 Å². The summed E-state index contributed by atoms with van der Waals surface area (Å²) in [7, 11) is -3.42. The van der Waals surface area contributed by atoms with Gasteiger partial charge in [-0.3, -0.25) is 9.88 Å². The maximum Gasteiger partial charge on any atom is 0.243 e. The fraction of sp³-hybridized carbons (Fsp3) is 0.450. The molecule has 5 rings (SSSR count). The largest absolute Gasteiger partial charge is 0.294 e. The van der Waals surface area contributed by atoms with Gasteiger partial charge in [-0.1, -0.05) is 23.8 Å². The number of fused-ring (bicyclic) bond motifs is 2. The third-order valence-electron chi connectivity index (χ3n) is 5.42. The van der Waals surface area contributed by atoms with Gasteiger partial charge in [-0.05, 0) is 51.0 Å². The number of pyridine rings is 1. The van der Waals surface area contributed by atoms with Crippen LogP contribution < -0.4 is 0 Å². The SMILES string of the molecule is Cc1ccc(S(=O)(=O)N2C3CC2CN(Cc2cccc(C)n2)C3)c(C)c1. The Labute approximate surface area is 155 Å². The van der Waals surface area contributed by atoms with Gasteiger partial charge in [0.05, 0.1) is 10.6 Å². The van der Waals surface area contributed by atoms with E-state index in [0.29, 0.717) is 4.90 Å². The second kappa shape index (κ2) is 6.44. The quantitative estimate of drug-likeness (QED) is 0.829. The number of aryl methyl sites for hydroxylation is 3. The van der Waals surface area contributed by atoms with Gasteiger partial charge in [0.25, 0.3) is 0 Å². The molecule has 1 aromatic heterocycles. The number of rotatable bonds is 4. The lowest BCUT2D eigenvalue weighted by Crippen LogP contribution is -2.69. The van der Waals surface area contributed by atoms with Crippen LogP contribution in [0.3, 0.4) is 0 Å². The number of aromatic nitrogens is 1. The average molecular weight is 372 g/mol. The summed E-state index contributed by atoms with van der Waals surface area (Å²) in [5.41, 5.74) is 3.98. The van der Waals surface area contributed by atoms with E-state index >= 15 is 0 Å². The van der Waals surface area contributed by atoms with E-state index < -0.39 is 10.0 Å². The first kappa shape index (κ1) is 17.6. The van der Waals surface area contributed by atoms with E-state index in [9.17, 15) is 8.42 Å². The Kier molecular flexibility index (Phi) is 4.37. The highest BCUT2D eigenvalue weighted by atomic mass is 32.2. The molecule has 3 saturated heterocycles. The molecule has 5 nitrogen and oxygen atoms in total. The summed E-state index contributed by atoms with van der Waals surface area (Å²) in [6, 6.07) is 11.8. The first-order chi connectivity index (χ1) is 12.3. The van der Waals surface area contributed by atoms with Gasteiger partial charge in [0.15, 0.2) is 0 Å².